The molecule has 0 heterocycles. The molecule has 0 aliphatic heterocycles. The van der Waals surface area contributed by atoms with Gasteiger partial charge in [-0.15, -0.1) is 0 Å². The lowest BCUT2D eigenvalue weighted by molar-refractivity contribution is -0.132. The zero-order valence-electron chi connectivity index (χ0n) is 41.0. The average Bonchev–Trinajstić information content (AvgIpc) is 3.06. The van der Waals surface area contributed by atoms with Gasteiger partial charge in [0.25, 0.3) is 0 Å². The Balaban J connectivity index is 5.87. The van der Waals surface area contributed by atoms with Crippen LogP contribution in [-0.4, -0.2) is 142 Å². The molecule has 0 rings (SSSR count). The van der Waals surface area contributed by atoms with Gasteiger partial charge in [0.05, 0.1) is 69.7 Å². The zero-order valence-corrected chi connectivity index (χ0v) is 41.0. The number of carbonyl (C=O) groups is 4. The highest BCUT2D eigenvalue weighted by molar-refractivity contribution is 5.78. The van der Waals surface area contributed by atoms with Gasteiger partial charge >= 0.3 is 0 Å². The normalized spacial score (nSPS) is 13.2. The van der Waals surface area contributed by atoms with Crippen LogP contribution in [0.4, 0.5) is 0 Å². The van der Waals surface area contributed by atoms with Crippen molar-refractivity contribution in [1.82, 2.24) is 21.3 Å². The van der Waals surface area contributed by atoms with Crippen LogP contribution < -0.4 is 27.0 Å². The fraction of sp³-hybridized carbons (Fsp3) is 0.911. The van der Waals surface area contributed by atoms with Gasteiger partial charge in [0.15, 0.2) is 0 Å². The Morgan fingerprint density at radius 3 is 0.902 bits per heavy atom. The highest BCUT2D eigenvalue weighted by Gasteiger charge is 2.34. The number of rotatable bonds is 33. The van der Waals surface area contributed by atoms with Gasteiger partial charge in [-0.2, -0.15) is 0 Å². The number of amides is 4. The van der Waals surface area contributed by atoms with Gasteiger partial charge in [0.1, 0.15) is 5.54 Å². The van der Waals surface area contributed by atoms with Gasteiger partial charge in [0.2, 0.25) is 23.6 Å². The first-order valence-electron chi connectivity index (χ1n) is 22.0. The third-order valence-electron chi connectivity index (χ3n) is 8.92. The topological polar surface area (TPSA) is 207 Å². The largest absolute Gasteiger partial charge is 0.380 e. The van der Waals surface area contributed by atoms with Gasteiger partial charge in [0, 0.05) is 68.7 Å². The molecule has 16 heteroatoms. The van der Waals surface area contributed by atoms with Crippen molar-refractivity contribution in [3.63, 3.8) is 0 Å². The maximum Gasteiger partial charge on any atom is 0.222 e. The predicted molar refractivity (Wildman–Crippen MR) is 239 cm³/mol. The monoisotopic (exact) mass is 876 g/mol. The Hall–Kier alpha value is -2.44. The minimum absolute atomic E-state index is 0.0327. The molecular weight excluding hydrogens is 787 g/mol. The van der Waals surface area contributed by atoms with E-state index in [0.717, 1.165) is 0 Å². The van der Waals surface area contributed by atoms with E-state index in [1.807, 2.05) is 104 Å². The van der Waals surface area contributed by atoms with E-state index in [9.17, 15) is 19.2 Å². The van der Waals surface area contributed by atoms with Crippen molar-refractivity contribution in [2.45, 2.75) is 188 Å². The Kier molecular flexibility index (Phi) is 26.6. The molecule has 0 aromatic rings. The van der Waals surface area contributed by atoms with E-state index in [1.54, 1.807) is 0 Å². The third-order valence-corrected chi connectivity index (χ3v) is 8.92. The van der Waals surface area contributed by atoms with Gasteiger partial charge in [-0.3, -0.25) is 19.2 Å². The van der Waals surface area contributed by atoms with Crippen LogP contribution in [0, 0.1) is 0 Å². The predicted octanol–water partition coefficient (Wildman–Crippen LogP) is 4.73. The Bertz CT molecular complexity index is 1140. The Morgan fingerprint density at radius 2 is 0.639 bits per heavy atom. The number of nitrogens with two attached hydrogens (primary N) is 1. The quantitative estimate of drug-likeness (QED) is 0.0568. The highest BCUT2D eigenvalue weighted by Crippen LogP contribution is 2.17. The fourth-order valence-corrected chi connectivity index (χ4v) is 5.58. The molecule has 6 N–H and O–H groups in total. The van der Waals surface area contributed by atoms with Crippen molar-refractivity contribution < 1.29 is 52.3 Å². The van der Waals surface area contributed by atoms with Gasteiger partial charge in [-0.25, -0.2) is 0 Å². The molecule has 0 saturated carbocycles. The van der Waals surface area contributed by atoms with E-state index < -0.39 is 22.2 Å². The summed E-state index contributed by atoms with van der Waals surface area (Å²) >= 11 is 0. The lowest BCUT2D eigenvalue weighted by Gasteiger charge is -2.34. The molecule has 360 valence electrons. The van der Waals surface area contributed by atoms with Crippen LogP contribution in [-0.2, 0) is 52.3 Å². The second-order valence-electron chi connectivity index (χ2n) is 20.8. The first-order valence-corrected chi connectivity index (χ1v) is 22.0. The summed E-state index contributed by atoms with van der Waals surface area (Å²) < 4.78 is 41.2. The number of ether oxygens (including phenoxy) is 7. The number of carbonyl (C=O) groups excluding carboxylic acids is 4. The summed E-state index contributed by atoms with van der Waals surface area (Å²) in [5.41, 5.74) is 1.95. The van der Waals surface area contributed by atoms with Crippen molar-refractivity contribution in [1.29, 1.82) is 0 Å². The van der Waals surface area contributed by atoms with Crippen LogP contribution in [0.15, 0.2) is 0 Å². The van der Waals surface area contributed by atoms with E-state index >= 15 is 0 Å². The maximum absolute atomic E-state index is 13.3. The van der Waals surface area contributed by atoms with E-state index in [1.165, 1.54) is 0 Å². The van der Waals surface area contributed by atoms with Crippen LogP contribution >= 0.6 is 0 Å². The maximum atomic E-state index is 13.3. The smallest absolute Gasteiger partial charge is 0.222 e. The summed E-state index contributed by atoms with van der Waals surface area (Å²) in [5, 5.41) is 12.2. The average molecular weight is 876 g/mol. The minimum Gasteiger partial charge on any atom is -0.380 e. The van der Waals surface area contributed by atoms with Crippen molar-refractivity contribution in [2.75, 3.05) is 79.2 Å². The molecule has 0 spiro atoms. The summed E-state index contributed by atoms with van der Waals surface area (Å²) in [6.45, 7) is 31.6. The standard InChI is InChI=1S/C45H89N5O11/c1-39(2,3)59-28-20-42(10,11)47-35(51)17-25-56-32-45(50-38(54)16-24-55-31-23-46,33-57-26-18-36(52)48-43(12,13)21-29-60-40(4,5)6)34-58-27-19-37(53)49-44(14,15)22-30-61-41(7,8)9/h16-34,46H2,1-15H3,(H,47,51)(H,48,52)(H,49,53)(H,50,54). The van der Waals surface area contributed by atoms with Crippen molar-refractivity contribution in [2.24, 2.45) is 5.73 Å². The van der Waals surface area contributed by atoms with Crippen LogP contribution in [0.2, 0.25) is 0 Å². The first kappa shape index (κ1) is 58.6. The molecule has 0 fully saturated rings. The van der Waals surface area contributed by atoms with E-state index in [0.29, 0.717) is 52.2 Å². The number of nitrogens with one attached hydrogen (secondary N) is 4. The van der Waals surface area contributed by atoms with E-state index in [-0.39, 0.29) is 112 Å². The SMILES string of the molecule is CC(C)(CCOC(C)(C)C)NC(=O)CCOCC(COCCC(=O)NC(C)(C)CCOC(C)(C)C)(COCCC(=O)NC(C)(C)CCOC(C)(C)C)NC(=O)CCOCCN. The zero-order chi connectivity index (χ0) is 47.0. The molecule has 4 amide bonds. The number of hydrogen-bond donors (Lipinski definition) is 5. The second kappa shape index (κ2) is 27.7. The van der Waals surface area contributed by atoms with Crippen LogP contribution in [0.25, 0.3) is 0 Å². The summed E-state index contributed by atoms with van der Waals surface area (Å²) in [6.07, 6.45) is 2.10. The van der Waals surface area contributed by atoms with E-state index in [2.05, 4.69) is 21.3 Å². The van der Waals surface area contributed by atoms with Crippen LogP contribution in [0.3, 0.4) is 0 Å². The van der Waals surface area contributed by atoms with Crippen molar-refractivity contribution in [3.05, 3.63) is 0 Å². The summed E-state index contributed by atoms with van der Waals surface area (Å²) in [5.74, 6) is -0.938. The van der Waals surface area contributed by atoms with Gasteiger partial charge in [-0.05, 0) is 123 Å². The van der Waals surface area contributed by atoms with E-state index in [4.69, 9.17) is 38.9 Å². The minimum atomic E-state index is -1.24. The molecule has 0 saturated heterocycles. The van der Waals surface area contributed by atoms with Gasteiger partial charge in [-0.1, -0.05) is 0 Å². The fourth-order valence-electron chi connectivity index (χ4n) is 5.58. The molecule has 0 aliphatic rings. The molecule has 0 aromatic carbocycles. The molecule has 0 unspecified atom stereocenters. The van der Waals surface area contributed by atoms with Crippen molar-refractivity contribution >= 4 is 23.6 Å². The molecule has 61 heavy (non-hydrogen) atoms. The summed E-state index contributed by atoms with van der Waals surface area (Å²) in [6, 6.07) is 0. The lowest BCUT2D eigenvalue weighted by atomic mass is 10.0. The number of hydrogen-bond acceptors (Lipinski definition) is 12. The van der Waals surface area contributed by atoms with Crippen LogP contribution in [0.5, 0.6) is 0 Å². The molecular formula is C45H89N5O11. The van der Waals surface area contributed by atoms with Crippen molar-refractivity contribution in [3.8, 4) is 0 Å². The lowest BCUT2D eigenvalue weighted by Crippen LogP contribution is -2.59. The summed E-state index contributed by atoms with van der Waals surface area (Å²) in [7, 11) is 0. The third kappa shape index (κ3) is 34.7. The summed E-state index contributed by atoms with van der Waals surface area (Å²) in [4.78, 5) is 52.3. The molecule has 16 nitrogen and oxygen atoms in total. The second-order valence-corrected chi connectivity index (χ2v) is 20.8. The first-order chi connectivity index (χ1) is 27.9. The molecule has 0 aromatic heterocycles. The Morgan fingerprint density at radius 1 is 0.377 bits per heavy atom. The highest BCUT2D eigenvalue weighted by atomic mass is 16.5. The molecule has 0 bridgehead atoms. The molecule has 0 aliphatic carbocycles. The van der Waals surface area contributed by atoms with Crippen LogP contribution in [0.1, 0.15) is 149 Å². The molecule has 0 radical (unpaired) electrons. The molecule has 0 atom stereocenters. The van der Waals surface area contributed by atoms with Gasteiger partial charge < -0.3 is 60.2 Å². The Labute approximate surface area is 369 Å².